The molecule has 4 aromatic heterocycles. The number of β-amino-alcohol motifs (C(OH)–C–C–N with tert-alkyl or cyclic N) is 1. The molecule has 0 saturated carbocycles. The molecule has 0 spiro atoms. The van der Waals surface area contributed by atoms with Gasteiger partial charge in [-0.3, -0.25) is 19.2 Å². The summed E-state index contributed by atoms with van der Waals surface area (Å²) in [4.78, 5) is 76.3. The number of benzene rings is 2. The molecule has 4 amide bonds. The number of piperazine rings is 1. The van der Waals surface area contributed by atoms with Crippen molar-refractivity contribution in [2.45, 2.75) is 90.6 Å². The first-order valence-electron chi connectivity index (χ1n) is 26.9. The second kappa shape index (κ2) is 25.7. The number of carbonyl (C=O) groups excluding carboxylic acids is 4. The van der Waals surface area contributed by atoms with E-state index in [1.807, 2.05) is 103 Å². The summed E-state index contributed by atoms with van der Waals surface area (Å²) in [7, 11) is 0. The van der Waals surface area contributed by atoms with Gasteiger partial charge in [0, 0.05) is 58.7 Å². The van der Waals surface area contributed by atoms with E-state index in [-0.39, 0.29) is 88.4 Å². The highest BCUT2D eigenvalue weighted by atomic mass is 32.1. The number of fused-ring (bicyclic) bond motifs is 1. The number of aliphatic hydroxyl groups excluding tert-OH is 1. The molecule has 21 heteroatoms. The van der Waals surface area contributed by atoms with Crippen LogP contribution in [-0.4, -0.2) is 160 Å². The highest BCUT2D eigenvalue weighted by molar-refractivity contribution is 7.13. The first-order valence-corrected chi connectivity index (χ1v) is 27.7. The summed E-state index contributed by atoms with van der Waals surface area (Å²) in [5.74, 6) is 0.212. The van der Waals surface area contributed by atoms with Crippen molar-refractivity contribution in [2.24, 2.45) is 5.41 Å². The Hall–Kier alpha value is -6.91. The van der Waals surface area contributed by atoms with Gasteiger partial charge in [-0.25, -0.2) is 23.9 Å². The van der Waals surface area contributed by atoms with Crippen molar-refractivity contribution in [1.29, 1.82) is 0 Å². The van der Waals surface area contributed by atoms with E-state index in [1.54, 1.807) is 29.7 Å². The number of hydrogen-bond donors (Lipinski definition) is 3. The van der Waals surface area contributed by atoms with Gasteiger partial charge in [-0.05, 0) is 78.3 Å². The van der Waals surface area contributed by atoms with Crippen LogP contribution in [-0.2, 0) is 39.9 Å². The predicted octanol–water partition coefficient (Wildman–Crippen LogP) is 5.99. The monoisotopic (exact) mass is 1090 g/mol. The number of carbonyl (C=O) groups is 4. The molecule has 0 unspecified atom stereocenters. The largest absolute Gasteiger partial charge is 0.391 e. The fraction of sp³-hybridized carbons (Fsp3) is 0.474. The third-order valence-corrected chi connectivity index (χ3v) is 15.4. The van der Waals surface area contributed by atoms with Crippen LogP contribution in [0.5, 0.6) is 0 Å². The third kappa shape index (κ3) is 13.8. The number of aryl methyl sites for hydroxylation is 1. The summed E-state index contributed by atoms with van der Waals surface area (Å²) in [5, 5.41) is 21.4. The molecule has 3 saturated heterocycles. The summed E-state index contributed by atoms with van der Waals surface area (Å²) < 4.78 is 32.9. The van der Waals surface area contributed by atoms with Crippen LogP contribution in [0.1, 0.15) is 75.7 Å². The number of nitrogens with one attached hydrogen (secondary N) is 2. The fourth-order valence-electron chi connectivity index (χ4n) is 10.3. The van der Waals surface area contributed by atoms with Crippen molar-refractivity contribution < 1.29 is 42.9 Å². The minimum atomic E-state index is -0.944. The number of aliphatic hydroxyl groups is 1. The van der Waals surface area contributed by atoms with Crippen LogP contribution >= 0.6 is 11.3 Å². The molecule has 4 atom stereocenters. The first-order chi connectivity index (χ1) is 37.7. The lowest BCUT2D eigenvalue weighted by Crippen LogP contribution is -2.57. The molecule has 3 fully saturated rings. The van der Waals surface area contributed by atoms with Gasteiger partial charge in [0.25, 0.3) is 0 Å². The number of likely N-dealkylation sites (tertiary alicyclic amines) is 1. The number of imidazole rings is 1. The molecule has 3 aliphatic rings. The van der Waals surface area contributed by atoms with Crippen molar-refractivity contribution in [3.05, 3.63) is 113 Å². The molecule has 6 aromatic rings. The zero-order valence-electron chi connectivity index (χ0n) is 44.8. The number of halogens is 1. The maximum absolute atomic E-state index is 14.1. The topological polar surface area (TPSA) is 209 Å². The van der Waals surface area contributed by atoms with Gasteiger partial charge in [0.15, 0.2) is 5.65 Å². The molecule has 2 aromatic carbocycles. The van der Waals surface area contributed by atoms with Crippen LogP contribution < -0.4 is 20.4 Å². The number of amides is 4. The SMILES string of the molecule is Cc1ncsc1-c1ccc(CNC(=O)[C@@H]2C[C@@H](O)CN2C(=O)[C@@H](NC(=O)CCOCCOCCOCCC(=O)N2CCN(c3cccc(-c4cnc5ccc(N6CCC[C@@H]6c6cccc(F)c6)nn45)n3)CC2)C(C)(C)C)cc1. The van der Waals surface area contributed by atoms with Crippen molar-refractivity contribution in [3.63, 3.8) is 0 Å². The van der Waals surface area contributed by atoms with Gasteiger partial charge >= 0.3 is 0 Å². The molecule has 0 aliphatic carbocycles. The van der Waals surface area contributed by atoms with E-state index in [4.69, 9.17) is 24.3 Å². The van der Waals surface area contributed by atoms with Gasteiger partial charge in [-0.1, -0.05) is 63.2 Å². The van der Waals surface area contributed by atoms with Gasteiger partial charge in [0.1, 0.15) is 35.2 Å². The number of hydrogen-bond acceptors (Lipinski definition) is 15. The Morgan fingerprint density at radius 1 is 0.846 bits per heavy atom. The lowest BCUT2D eigenvalue weighted by molar-refractivity contribution is -0.144. The molecule has 3 aliphatic heterocycles. The zero-order valence-corrected chi connectivity index (χ0v) is 45.6. The molecule has 414 valence electrons. The average Bonchev–Trinajstić information content (AvgIpc) is 4.42. The Labute approximate surface area is 458 Å². The van der Waals surface area contributed by atoms with E-state index in [1.165, 1.54) is 11.0 Å². The van der Waals surface area contributed by atoms with Gasteiger partial charge < -0.3 is 49.6 Å². The maximum Gasteiger partial charge on any atom is 0.246 e. The summed E-state index contributed by atoms with van der Waals surface area (Å²) in [6, 6.07) is 22.7. The highest BCUT2D eigenvalue weighted by Crippen LogP contribution is 2.36. The van der Waals surface area contributed by atoms with Gasteiger partial charge in [0.2, 0.25) is 23.6 Å². The molecule has 7 heterocycles. The lowest BCUT2D eigenvalue weighted by atomic mass is 9.85. The Morgan fingerprint density at radius 3 is 2.29 bits per heavy atom. The minimum absolute atomic E-state index is 0.00902. The number of anilines is 2. The number of aromatic nitrogens is 5. The molecule has 19 nitrogen and oxygen atoms in total. The molecule has 0 bridgehead atoms. The number of ether oxygens (including phenoxy) is 3. The summed E-state index contributed by atoms with van der Waals surface area (Å²) in [6.07, 6.45) is 3.17. The second-order valence-corrected chi connectivity index (χ2v) is 21.9. The van der Waals surface area contributed by atoms with Gasteiger partial charge in [0.05, 0.1) is 86.2 Å². The zero-order chi connectivity index (χ0) is 54.8. The summed E-state index contributed by atoms with van der Waals surface area (Å²) >= 11 is 1.57. The van der Waals surface area contributed by atoms with E-state index in [9.17, 15) is 28.7 Å². The van der Waals surface area contributed by atoms with E-state index < -0.39 is 29.5 Å². The Balaban J connectivity index is 0.636. The van der Waals surface area contributed by atoms with Crippen LogP contribution in [0.25, 0.3) is 27.5 Å². The third-order valence-electron chi connectivity index (χ3n) is 14.5. The summed E-state index contributed by atoms with van der Waals surface area (Å²) in [5.41, 5.74) is 7.16. The molecule has 3 N–H and O–H groups in total. The van der Waals surface area contributed by atoms with E-state index in [0.29, 0.717) is 45.0 Å². The second-order valence-electron chi connectivity index (χ2n) is 21.0. The first kappa shape index (κ1) is 55.8. The van der Waals surface area contributed by atoms with E-state index in [2.05, 4.69) is 30.4 Å². The molecule has 9 rings (SSSR count). The van der Waals surface area contributed by atoms with E-state index >= 15 is 0 Å². The summed E-state index contributed by atoms with van der Waals surface area (Å²) in [6.45, 7) is 12.5. The van der Waals surface area contributed by atoms with Crippen LogP contribution in [0.4, 0.5) is 16.0 Å². The maximum atomic E-state index is 14.1. The van der Waals surface area contributed by atoms with Crippen molar-refractivity contribution in [1.82, 2.24) is 45.0 Å². The van der Waals surface area contributed by atoms with Crippen molar-refractivity contribution >= 4 is 52.2 Å². The standard InChI is InChI=1S/C57H70FN11O8S/c1-38-53(78-37-61-38)40-15-13-39(14-16-40)34-60-55(73)46-33-43(70)36-68(46)56(74)54(57(2,3)4)63-51(71)19-26-75-28-30-77-31-29-76-27-20-52(72)66-24-22-65(23-25-66)49-12-6-10-44(62-49)47-35-59-48-17-18-50(64-69(47)48)67-21-7-11-45(67)41-8-5-9-42(58)32-41/h5-6,8-10,12-18,32,35,37,43,45-46,54,70H,7,11,19-31,33-34,36H2,1-4H3,(H,60,73)(H,63,71)/t43-,45-,46+,54-/m1/s1. The molecular weight excluding hydrogens is 1020 g/mol. The normalized spacial score (nSPS) is 18.2. The van der Waals surface area contributed by atoms with Crippen molar-refractivity contribution in [3.8, 4) is 21.8 Å². The number of rotatable bonds is 22. The lowest BCUT2D eigenvalue weighted by Gasteiger charge is -2.35. The number of thiazole rings is 1. The molecule has 0 radical (unpaired) electrons. The fourth-order valence-corrected chi connectivity index (χ4v) is 11.1. The predicted molar refractivity (Wildman–Crippen MR) is 294 cm³/mol. The van der Waals surface area contributed by atoms with Crippen molar-refractivity contribution in [2.75, 3.05) is 88.7 Å². The molecule has 78 heavy (non-hydrogen) atoms. The average molecular weight is 1090 g/mol. The minimum Gasteiger partial charge on any atom is -0.391 e. The van der Waals surface area contributed by atoms with Crippen LogP contribution in [0.3, 0.4) is 0 Å². The quantitative estimate of drug-likeness (QED) is 0.0668. The van der Waals surface area contributed by atoms with Gasteiger partial charge in [-0.15, -0.1) is 16.4 Å². The van der Waals surface area contributed by atoms with Crippen LogP contribution in [0, 0.1) is 18.2 Å². The Bertz CT molecular complexity index is 3010. The molecular formula is C57H70FN11O8S. The Kier molecular flexibility index (Phi) is 18.4. The van der Waals surface area contributed by atoms with Crippen LogP contribution in [0.2, 0.25) is 0 Å². The van der Waals surface area contributed by atoms with Gasteiger partial charge in [-0.2, -0.15) is 0 Å². The van der Waals surface area contributed by atoms with E-state index in [0.717, 1.165) is 69.7 Å². The number of pyridine rings is 1. The highest BCUT2D eigenvalue weighted by Gasteiger charge is 2.44. The Morgan fingerprint density at radius 2 is 1.58 bits per heavy atom. The van der Waals surface area contributed by atoms with Crippen LogP contribution in [0.15, 0.2) is 90.6 Å². The number of nitrogens with zero attached hydrogens (tertiary/aromatic N) is 9. The smallest absolute Gasteiger partial charge is 0.246 e.